The number of nitrogens with zero attached hydrogens (tertiary/aromatic N) is 5. The van der Waals surface area contributed by atoms with E-state index in [1.165, 1.54) is 31.0 Å². The highest BCUT2D eigenvalue weighted by atomic mass is 35.5. The molecule has 1 spiro atoms. The molecule has 4 aromatic rings. The number of aryl methyl sites for hydroxylation is 2. The van der Waals surface area contributed by atoms with Gasteiger partial charge in [-0.05, 0) is 75.5 Å². The first-order valence-corrected chi connectivity index (χ1v) is 18.9. The first-order chi connectivity index (χ1) is 23.6. The maximum Gasteiger partial charge on any atom is 0.401 e. The minimum atomic E-state index is -4.12. The van der Waals surface area contributed by atoms with E-state index >= 15 is 0 Å². The van der Waals surface area contributed by atoms with Gasteiger partial charge in [0.1, 0.15) is 5.03 Å². The Morgan fingerprint density at radius 2 is 1.56 bits per heavy atom. The largest absolute Gasteiger partial charge is 0.401 e. The smallest absolute Gasteiger partial charge is 0.355 e. The highest BCUT2D eigenvalue weighted by Gasteiger charge is 2.45. The fraction of sp³-hybridized carbons (Fsp3) is 0.444. The van der Waals surface area contributed by atoms with E-state index in [1.54, 1.807) is 37.4 Å². The average molecular weight is 783 g/mol. The summed E-state index contributed by atoms with van der Waals surface area (Å²) in [4.78, 5) is 20.4. The summed E-state index contributed by atoms with van der Waals surface area (Å²) in [7, 11) is 0. The van der Waals surface area contributed by atoms with E-state index in [4.69, 9.17) is 52.1 Å². The topological polar surface area (TPSA) is 101 Å². The molecule has 14 heteroatoms. The van der Waals surface area contributed by atoms with Gasteiger partial charge in [0.2, 0.25) is 0 Å². The summed E-state index contributed by atoms with van der Waals surface area (Å²) in [5.74, 6) is 0.695. The number of aliphatic hydroxyl groups is 1. The number of anilines is 1. The molecule has 3 N–H and O–H groups in total. The predicted molar refractivity (Wildman–Crippen MR) is 198 cm³/mol. The Morgan fingerprint density at radius 3 is 2.16 bits per heavy atom. The molecule has 0 radical (unpaired) electrons. The van der Waals surface area contributed by atoms with Gasteiger partial charge in [0, 0.05) is 23.5 Å². The van der Waals surface area contributed by atoms with Crippen LogP contribution < -0.4 is 10.6 Å². The molecule has 50 heavy (non-hydrogen) atoms. The lowest BCUT2D eigenvalue weighted by Crippen LogP contribution is -2.42. The van der Waals surface area contributed by atoms with Crippen molar-refractivity contribution in [2.45, 2.75) is 87.3 Å². The standard InChI is InChI=1S/C22H25Cl2F2N3O.C14H13Cl2N3S/c1-13-5-4-8-21(13)9-11-29(12-10-21)20-19(22(25,26)30)28-18(14(2)27-20)15-6-3-7-16(23)17(15)24;1-8-13(18-7-11(19-8)14(17)5-6-14)20-10-4-2-3-9(15)12(10)16/h3,6-7,13,30H,4-5,8-12H2,1-2H3;2-4,7H,5-6,17H2,1H3/t13-;/m1./s1. The van der Waals surface area contributed by atoms with Crippen LogP contribution >= 0.6 is 58.2 Å². The summed E-state index contributed by atoms with van der Waals surface area (Å²) in [5.41, 5.74) is 8.22. The van der Waals surface area contributed by atoms with Crippen molar-refractivity contribution < 1.29 is 13.9 Å². The summed E-state index contributed by atoms with van der Waals surface area (Å²) in [5, 5.41) is 12.0. The number of halogens is 6. The monoisotopic (exact) mass is 780 g/mol. The molecule has 3 heterocycles. The van der Waals surface area contributed by atoms with Crippen molar-refractivity contribution in [2.24, 2.45) is 17.1 Å². The van der Waals surface area contributed by atoms with Crippen molar-refractivity contribution in [2.75, 3.05) is 18.0 Å². The molecule has 1 atom stereocenters. The van der Waals surface area contributed by atoms with E-state index in [0.29, 0.717) is 50.7 Å². The zero-order valence-electron chi connectivity index (χ0n) is 27.9. The quantitative estimate of drug-likeness (QED) is 0.199. The van der Waals surface area contributed by atoms with Gasteiger partial charge in [0.15, 0.2) is 11.5 Å². The molecule has 2 aliphatic carbocycles. The molecule has 2 saturated carbocycles. The van der Waals surface area contributed by atoms with Gasteiger partial charge in [-0.3, -0.25) is 4.98 Å². The van der Waals surface area contributed by atoms with Crippen molar-refractivity contribution in [3.63, 3.8) is 0 Å². The van der Waals surface area contributed by atoms with Crippen LogP contribution in [0.4, 0.5) is 14.6 Å². The number of rotatable bonds is 6. The van der Waals surface area contributed by atoms with E-state index < -0.39 is 11.8 Å². The number of nitrogens with two attached hydrogens (primary N) is 1. The van der Waals surface area contributed by atoms with E-state index in [1.807, 2.05) is 24.0 Å². The van der Waals surface area contributed by atoms with Crippen molar-refractivity contribution in [1.29, 1.82) is 0 Å². The van der Waals surface area contributed by atoms with E-state index in [-0.39, 0.29) is 22.1 Å². The molecule has 3 fully saturated rings. The zero-order valence-corrected chi connectivity index (χ0v) is 31.8. The molecular weight excluding hydrogens is 744 g/mol. The van der Waals surface area contributed by atoms with Crippen LogP contribution in [-0.4, -0.2) is 38.1 Å². The minimum Gasteiger partial charge on any atom is -0.355 e. The molecule has 1 saturated heterocycles. The lowest BCUT2D eigenvalue weighted by molar-refractivity contribution is -0.211. The molecule has 3 aliphatic rings. The van der Waals surface area contributed by atoms with Gasteiger partial charge < -0.3 is 15.7 Å². The Labute approximate surface area is 315 Å². The van der Waals surface area contributed by atoms with Crippen molar-refractivity contribution >= 4 is 64.0 Å². The lowest BCUT2D eigenvalue weighted by atomic mass is 9.71. The first-order valence-electron chi connectivity index (χ1n) is 16.6. The van der Waals surface area contributed by atoms with Crippen LogP contribution in [0.15, 0.2) is 52.5 Å². The minimum absolute atomic E-state index is 0.0439. The molecule has 0 bridgehead atoms. The second-order valence-electron chi connectivity index (χ2n) is 13.6. The molecule has 266 valence electrons. The van der Waals surface area contributed by atoms with Gasteiger partial charge in [0.05, 0.1) is 54.6 Å². The van der Waals surface area contributed by atoms with Gasteiger partial charge in [-0.25, -0.2) is 15.0 Å². The van der Waals surface area contributed by atoms with Crippen LogP contribution in [0.25, 0.3) is 11.3 Å². The van der Waals surface area contributed by atoms with Crippen LogP contribution in [0.3, 0.4) is 0 Å². The van der Waals surface area contributed by atoms with E-state index in [0.717, 1.165) is 47.0 Å². The number of alkyl halides is 2. The second kappa shape index (κ2) is 14.6. The molecule has 2 aromatic carbocycles. The maximum absolute atomic E-state index is 14.2. The third-order valence-electron chi connectivity index (χ3n) is 10.3. The van der Waals surface area contributed by atoms with Crippen LogP contribution in [0.2, 0.25) is 20.1 Å². The predicted octanol–water partition coefficient (Wildman–Crippen LogP) is 10.4. The number of aromatic nitrogens is 4. The Balaban J connectivity index is 0.000000187. The van der Waals surface area contributed by atoms with Crippen molar-refractivity contribution in [1.82, 2.24) is 19.9 Å². The van der Waals surface area contributed by atoms with Crippen LogP contribution in [-0.2, 0) is 11.6 Å². The number of hydrogen-bond donors (Lipinski definition) is 2. The maximum atomic E-state index is 14.2. The number of benzene rings is 2. The zero-order chi connectivity index (χ0) is 36.0. The Hall–Kier alpha value is -2.31. The first kappa shape index (κ1) is 37.4. The number of hydrogen-bond acceptors (Lipinski definition) is 8. The SMILES string of the molecule is Cc1nc(C2(N)CC2)cnc1Sc1cccc(Cl)c1Cl.Cc1nc(N2CCC3(CCC[C@H]3C)CC2)c(C(O)(F)F)nc1-c1cccc(Cl)c1Cl. The summed E-state index contributed by atoms with van der Waals surface area (Å²) in [6.07, 6.45) is 5.14. The number of piperidine rings is 1. The fourth-order valence-electron chi connectivity index (χ4n) is 6.96. The second-order valence-corrected chi connectivity index (χ2v) is 16.2. The Morgan fingerprint density at radius 1 is 0.900 bits per heavy atom. The highest BCUT2D eigenvalue weighted by molar-refractivity contribution is 7.99. The highest BCUT2D eigenvalue weighted by Crippen LogP contribution is 2.51. The van der Waals surface area contributed by atoms with Gasteiger partial charge in [-0.1, -0.05) is 96.1 Å². The fourth-order valence-corrected chi connectivity index (χ4v) is 8.68. The summed E-state index contributed by atoms with van der Waals surface area (Å²) in [6.45, 7) is 7.18. The normalized spacial score (nSPS) is 19.3. The lowest BCUT2D eigenvalue weighted by Gasteiger charge is -2.43. The van der Waals surface area contributed by atoms with E-state index in [9.17, 15) is 13.9 Å². The third-order valence-corrected chi connectivity index (χ3v) is 13.2. The Bertz CT molecular complexity index is 1900. The van der Waals surface area contributed by atoms with Crippen LogP contribution in [0.5, 0.6) is 0 Å². The van der Waals surface area contributed by atoms with Gasteiger partial charge in [-0.2, -0.15) is 8.78 Å². The van der Waals surface area contributed by atoms with Crippen LogP contribution in [0.1, 0.15) is 74.6 Å². The molecule has 7 nitrogen and oxygen atoms in total. The van der Waals surface area contributed by atoms with Crippen LogP contribution in [0, 0.1) is 25.2 Å². The van der Waals surface area contributed by atoms with Gasteiger partial charge in [-0.15, -0.1) is 0 Å². The molecule has 1 aliphatic heterocycles. The summed E-state index contributed by atoms with van der Waals surface area (Å²) < 4.78 is 28.4. The summed E-state index contributed by atoms with van der Waals surface area (Å²) in [6, 6.07) is 10.5. The molecule has 0 amide bonds. The van der Waals surface area contributed by atoms with Gasteiger partial charge >= 0.3 is 6.11 Å². The molecular formula is C36H38Cl4F2N6OS. The van der Waals surface area contributed by atoms with Gasteiger partial charge in [0.25, 0.3) is 0 Å². The van der Waals surface area contributed by atoms with Crippen molar-refractivity contribution in [3.8, 4) is 11.3 Å². The van der Waals surface area contributed by atoms with E-state index in [2.05, 4.69) is 26.9 Å². The average Bonchev–Trinajstić information content (AvgIpc) is 3.74. The molecule has 0 unspecified atom stereocenters. The molecule has 7 rings (SSSR count). The Kier molecular flexibility index (Phi) is 10.9. The van der Waals surface area contributed by atoms with Crippen molar-refractivity contribution in [3.05, 3.63) is 85.5 Å². The summed E-state index contributed by atoms with van der Waals surface area (Å²) >= 11 is 26.0. The molecule has 2 aromatic heterocycles. The third kappa shape index (κ3) is 7.72.